The number of nitrogens with two attached hydrogens (primary N) is 1. The van der Waals surface area contributed by atoms with Crippen LogP contribution in [0.1, 0.15) is 11.8 Å². The minimum Gasteiger partial charge on any atom is -0.325 e. The van der Waals surface area contributed by atoms with Gasteiger partial charge in [0.2, 0.25) is 15.9 Å². The maximum absolute atomic E-state index is 12.5. The summed E-state index contributed by atoms with van der Waals surface area (Å²) in [6.45, 7) is 2.47. The molecular formula is C17H19N5O3S3. The van der Waals surface area contributed by atoms with E-state index in [1.165, 1.54) is 34.8 Å². The number of thiophene rings is 1. The molecule has 8 nitrogen and oxygen atoms in total. The topological polar surface area (TPSA) is 120 Å². The largest absolute Gasteiger partial charge is 0.325 e. The molecule has 0 aliphatic heterocycles. The molecule has 0 bridgehead atoms. The summed E-state index contributed by atoms with van der Waals surface area (Å²) >= 11 is 2.99. The van der Waals surface area contributed by atoms with Gasteiger partial charge < -0.3 is 9.88 Å². The molecule has 0 aliphatic rings. The fraction of sp³-hybridized carbons (Fsp3) is 0.235. The van der Waals surface area contributed by atoms with Crippen molar-refractivity contribution in [1.29, 1.82) is 0 Å². The quantitative estimate of drug-likeness (QED) is 0.522. The Morgan fingerprint density at radius 2 is 2.18 bits per heavy atom. The lowest BCUT2D eigenvalue weighted by Crippen LogP contribution is -2.23. The van der Waals surface area contributed by atoms with E-state index in [1.807, 2.05) is 16.0 Å². The predicted octanol–water partition coefficient (Wildman–Crippen LogP) is 2.35. The summed E-state index contributed by atoms with van der Waals surface area (Å²) < 4.78 is 24.8. The standard InChI is InChI=1S/C17H19N5O3S3/c1-12(16(23)20-13-4-2-6-15(10-13)28(18,24)25)27-17-21-19-11-22(17)8-7-14-5-3-9-26-14/h2-6,9-12H,7-8H2,1H3,(H,20,23)(H2,18,24,25)/t12-/m0/s1. The molecule has 2 aromatic heterocycles. The van der Waals surface area contributed by atoms with E-state index in [0.717, 1.165) is 13.0 Å². The average Bonchev–Trinajstić information content (AvgIpc) is 3.31. The number of thioether (sulfide) groups is 1. The third-order valence-electron chi connectivity index (χ3n) is 3.84. The Hall–Kier alpha value is -2.21. The van der Waals surface area contributed by atoms with Crippen LogP contribution in [0, 0.1) is 0 Å². The summed E-state index contributed by atoms with van der Waals surface area (Å²) in [4.78, 5) is 13.7. The van der Waals surface area contributed by atoms with Crippen LogP contribution < -0.4 is 10.5 Å². The summed E-state index contributed by atoms with van der Waals surface area (Å²) in [5.74, 6) is -0.274. The van der Waals surface area contributed by atoms with Gasteiger partial charge in [0, 0.05) is 17.1 Å². The van der Waals surface area contributed by atoms with E-state index < -0.39 is 15.3 Å². The highest BCUT2D eigenvalue weighted by atomic mass is 32.2. The van der Waals surface area contributed by atoms with Gasteiger partial charge in [-0.25, -0.2) is 13.6 Å². The van der Waals surface area contributed by atoms with Crippen molar-refractivity contribution < 1.29 is 13.2 Å². The minimum absolute atomic E-state index is 0.0565. The second-order valence-electron chi connectivity index (χ2n) is 5.96. The van der Waals surface area contributed by atoms with Crippen molar-refractivity contribution in [3.05, 3.63) is 53.0 Å². The number of aromatic nitrogens is 3. The number of carbonyl (C=O) groups excluding carboxylic acids is 1. The van der Waals surface area contributed by atoms with Crippen molar-refractivity contribution in [3.63, 3.8) is 0 Å². The highest BCUT2D eigenvalue weighted by Gasteiger charge is 2.19. The molecule has 0 spiro atoms. The molecule has 3 N–H and O–H groups in total. The first-order valence-electron chi connectivity index (χ1n) is 8.33. The van der Waals surface area contributed by atoms with Crippen LogP contribution in [0.3, 0.4) is 0 Å². The highest BCUT2D eigenvalue weighted by molar-refractivity contribution is 8.00. The number of nitrogens with zero attached hydrogens (tertiary/aromatic N) is 3. The van der Waals surface area contributed by atoms with Crippen molar-refractivity contribution in [3.8, 4) is 0 Å². The average molecular weight is 438 g/mol. The number of amides is 1. The molecule has 1 atom stereocenters. The van der Waals surface area contributed by atoms with Crippen LogP contribution in [0.5, 0.6) is 0 Å². The molecule has 11 heteroatoms. The van der Waals surface area contributed by atoms with Crippen molar-refractivity contribution in [2.24, 2.45) is 5.14 Å². The van der Waals surface area contributed by atoms with Gasteiger partial charge in [-0.3, -0.25) is 4.79 Å². The molecular weight excluding hydrogens is 418 g/mol. The number of sulfonamides is 1. The van der Waals surface area contributed by atoms with Gasteiger partial charge in [0.1, 0.15) is 6.33 Å². The van der Waals surface area contributed by atoms with E-state index in [1.54, 1.807) is 30.7 Å². The number of hydrogen-bond donors (Lipinski definition) is 2. The second kappa shape index (κ2) is 8.86. The summed E-state index contributed by atoms with van der Waals surface area (Å²) in [5.41, 5.74) is 0.364. The Kier molecular flexibility index (Phi) is 6.50. The number of hydrogen-bond acceptors (Lipinski definition) is 7. The number of aryl methyl sites for hydroxylation is 2. The number of benzene rings is 1. The molecule has 148 valence electrons. The molecule has 0 fully saturated rings. The summed E-state index contributed by atoms with van der Waals surface area (Å²) in [6, 6.07) is 9.92. The number of primary sulfonamides is 1. The maximum Gasteiger partial charge on any atom is 0.238 e. The van der Waals surface area contributed by atoms with Crippen molar-refractivity contribution in [2.75, 3.05) is 5.32 Å². The first-order valence-corrected chi connectivity index (χ1v) is 11.6. The second-order valence-corrected chi connectivity index (χ2v) is 9.86. The van der Waals surface area contributed by atoms with E-state index in [0.29, 0.717) is 10.8 Å². The third kappa shape index (κ3) is 5.41. The van der Waals surface area contributed by atoms with Crippen LogP contribution in [0.15, 0.2) is 58.2 Å². The first-order chi connectivity index (χ1) is 13.3. The Balaban J connectivity index is 1.61. The van der Waals surface area contributed by atoms with Crippen LogP contribution in [0.2, 0.25) is 0 Å². The lowest BCUT2D eigenvalue weighted by atomic mass is 10.3. The van der Waals surface area contributed by atoms with Gasteiger partial charge in [-0.1, -0.05) is 23.9 Å². The minimum atomic E-state index is -3.83. The van der Waals surface area contributed by atoms with E-state index in [2.05, 4.69) is 21.6 Å². The van der Waals surface area contributed by atoms with Crippen LogP contribution >= 0.6 is 23.1 Å². The van der Waals surface area contributed by atoms with Crippen LogP contribution in [-0.4, -0.2) is 34.3 Å². The van der Waals surface area contributed by atoms with E-state index >= 15 is 0 Å². The molecule has 0 aliphatic carbocycles. The van der Waals surface area contributed by atoms with E-state index in [4.69, 9.17) is 5.14 Å². The Bertz CT molecular complexity index is 1050. The molecule has 3 aromatic rings. The maximum atomic E-state index is 12.5. The van der Waals surface area contributed by atoms with Gasteiger partial charge in [-0.2, -0.15) is 0 Å². The molecule has 1 amide bonds. The molecule has 3 rings (SSSR count). The summed E-state index contributed by atoms with van der Waals surface area (Å²) in [6.07, 6.45) is 2.51. The summed E-state index contributed by atoms with van der Waals surface area (Å²) in [7, 11) is -3.83. The fourth-order valence-corrected chi connectivity index (χ4v) is 4.49. The molecule has 0 radical (unpaired) electrons. The smallest absolute Gasteiger partial charge is 0.238 e. The van der Waals surface area contributed by atoms with Crippen molar-refractivity contribution in [1.82, 2.24) is 14.8 Å². The van der Waals surface area contributed by atoms with Crippen molar-refractivity contribution >= 4 is 44.7 Å². The number of anilines is 1. The van der Waals surface area contributed by atoms with E-state index in [9.17, 15) is 13.2 Å². The molecule has 0 saturated heterocycles. The Morgan fingerprint density at radius 1 is 1.36 bits per heavy atom. The number of carbonyl (C=O) groups is 1. The van der Waals surface area contributed by atoms with Crippen LogP contribution in [0.25, 0.3) is 0 Å². The SMILES string of the molecule is C[C@H](Sc1nncn1CCc1cccs1)C(=O)Nc1cccc(S(N)(=O)=O)c1. The lowest BCUT2D eigenvalue weighted by molar-refractivity contribution is -0.115. The summed E-state index contributed by atoms with van der Waals surface area (Å²) in [5, 5.41) is 18.1. The van der Waals surface area contributed by atoms with Gasteiger partial charge in [0.15, 0.2) is 5.16 Å². The number of nitrogens with one attached hydrogen (secondary N) is 1. The van der Waals surface area contributed by atoms with Crippen LogP contribution in [0.4, 0.5) is 5.69 Å². The molecule has 1 aromatic carbocycles. The monoisotopic (exact) mass is 437 g/mol. The third-order valence-corrected chi connectivity index (χ3v) is 6.78. The van der Waals surface area contributed by atoms with Gasteiger partial charge in [0.05, 0.1) is 10.1 Å². The Labute approximate surface area is 171 Å². The fourth-order valence-electron chi connectivity index (χ4n) is 2.38. The zero-order valence-corrected chi connectivity index (χ0v) is 17.4. The zero-order valence-electron chi connectivity index (χ0n) is 15.0. The first kappa shape index (κ1) is 20.5. The number of rotatable bonds is 8. The zero-order chi connectivity index (χ0) is 20.1. The molecule has 0 unspecified atom stereocenters. The van der Waals surface area contributed by atoms with Gasteiger partial charge >= 0.3 is 0 Å². The normalized spacial score (nSPS) is 12.6. The molecule has 28 heavy (non-hydrogen) atoms. The van der Waals surface area contributed by atoms with Crippen LogP contribution in [-0.2, 0) is 27.8 Å². The molecule has 2 heterocycles. The van der Waals surface area contributed by atoms with Gasteiger partial charge in [-0.05, 0) is 43.0 Å². The molecule has 0 saturated carbocycles. The Morgan fingerprint density at radius 3 is 2.89 bits per heavy atom. The predicted molar refractivity (Wildman–Crippen MR) is 110 cm³/mol. The lowest BCUT2D eigenvalue weighted by Gasteiger charge is -2.13. The highest BCUT2D eigenvalue weighted by Crippen LogP contribution is 2.23. The van der Waals surface area contributed by atoms with E-state index in [-0.39, 0.29) is 10.8 Å². The van der Waals surface area contributed by atoms with Crippen molar-refractivity contribution in [2.45, 2.75) is 35.2 Å². The van der Waals surface area contributed by atoms with Gasteiger partial charge in [0.25, 0.3) is 0 Å². The van der Waals surface area contributed by atoms with Gasteiger partial charge in [-0.15, -0.1) is 21.5 Å².